The minimum Gasteiger partial charge on any atom is -0.469 e. The summed E-state index contributed by atoms with van der Waals surface area (Å²) in [6.45, 7) is 4.38. The summed E-state index contributed by atoms with van der Waals surface area (Å²) in [7, 11) is 0. The molecule has 124 valence electrons. The van der Waals surface area contributed by atoms with Gasteiger partial charge in [0.05, 0.1) is 17.6 Å². The molecular formula is C17H17N3O3S. The lowest BCUT2D eigenvalue weighted by atomic mass is 10.3. The van der Waals surface area contributed by atoms with Crippen LogP contribution in [0.4, 0.5) is 5.69 Å². The Balaban J connectivity index is 1.64. The third-order valence-electron chi connectivity index (χ3n) is 3.50. The van der Waals surface area contributed by atoms with E-state index in [0.29, 0.717) is 23.4 Å². The van der Waals surface area contributed by atoms with E-state index in [2.05, 4.69) is 10.2 Å². The fourth-order valence-corrected chi connectivity index (χ4v) is 2.94. The highest BCUT2D eigenvalue weighted by molar-refractivity contribution is 7.99. The van der Waals surface area contributed by atoms with E-state index >= 15 is 0 Å². The van der Waals surface area contributed by atoms with Gasteiger partial charge in [0.15, 0.2) is 0 Å². The molecule has 1 aromatic carbocycles. The zero-order valence-electron chi connectivity index (χ0n) is 13.4. The van der Waals surface area contributed by atoms with Gasteiger partial charge >= 0.3 is 0 Å². The van der Waals surface area contributed by atoms with E-state index in [9.17, 15) is 4.79 Å². The van der Waals surface area contributed by atoms with Crippen molar-refractivity contribution in [1.82, 2.24) is 10.2 Å². The van der Waals surface area contributed by atoms with Gasteiger partial charge in [-0.05, 0) is 32.0 Å². The molecule has 6 nitrogen and oxygen atoms in total. The first-order valence-electron chi connectivity index (χ1n) is 7.55. The number of hydrogen-bond donors (Lipinski definition) is 0. The molecule has 0 aliphatic heterocycles. The van der Waals surface area contributed by atoms with E-state index in [0.717, 1.165) is 11.3 Å². The number of aryl methyl sites for hydroxylation is 1. The van der Waals surface area contributed by atoms with Gasteiger partial charge in [0.25, 0.3) is 11.1 Å². The summed E-state index contributed by atoms with van der Waals surface area (Å²) in [6, 6.07) is 11.4. The van der Waals surface area contributed by atoms with Crippen molar-refractivity contribution in [2.75, 3.05) is 17.2 Å². The van der Waals surface area contributed by atoms with Crippen molar-refractivity contribution < 1.29 is 13.6 Å². The van der Waals surface area contributed by atoms with Crippen LogP contribution < -0.4 is 4.90 Å². The van der Waals surface area contributed by atoms with Crippen molar-refractivity contribution in [3.05, 3.63) is 48.4 Å². The molecule has 3 aromatic rings. The van der Waals surface area contributed by atoms with Crippen LogP contribution in [0, 0.1) is 6.92 Å². The normalized spacial score (nSPS) is 10.8. The summed E-state index contributed by atoms with van der Waals surface area (Å²) in [5, 5.41) is 8.34. The number of hydrogen-bond acceptors (Lipinski definition) is 6. The summed E-state index contributed by atoms with van der Waals surface area (Å²) in [6.07, 6.45) is 1.57. The minimum atomic E-state index is -0.00654. The molecule has 1 amide bonds. The van der Waals surface area contributed by atoms with Crippen LogP contribution in [0.15, 0.2) is 56.7 Å². The lowest BCUT2D eigenvalue weighted by molar-refractivity contribution is -0.116. The maximum Gasteiger partial charge on any atom is 0.277 e. The number of benzene rings is 1. The summed E-state index contributed by atoms with van der Waals surface area (Å²) < 4.78 is 10.8. The standard InChI is InChI=1S/C17H17N3O3S/c1-3-20(13-7-5-4-6-8-13)15(21)11-24-17-19-18-16(23-17)14-9-10-22-12(14)2/h4-10H,3,11H2,1-2H3. The van der Waals surface area contributed by atoms with Crippen molar-refractivity contribution in [1.29, 1.82) is 0 Å². The second-order valence-corrected chi connectivity index (χ2v) is 5.95. The summed E-state index contributed by atoms with van der Waals surface area (Å²) in [5.74, 6) is 1.33. The van der Waals surface area contributed by atoms with Crippen LogP contribution in [0.5, 0.6) is 0 Å². The Morgan fingerprint density at radius 3 is 2.67 bits per heavy atom. The van der Waals surface area contributed by atoms with Crippen LogP contribution in [0.2, 0.25) is 0 Å². The second-order valence-electron chi connectivity index (χ2n) is 5.03. The van der Waals surface area contributed by atoms with Crippen molar-refractivity contribution in [2.45, 2.75) is 19.1 Å². The Hall–Kier alpha value is -2.54. The summed E-state index contributed by atoms with van der Waals surface area (Å²) in [5.41, 5.74) is 1.64. The zero-order valence-corrected chi connectivity index (χ0v) is 14.2. The topological polar surface area (TPSA) is 72.4 Å². The van der Waals surface area contributed by atoms with Gasteiger partial charge in [-0.25, -0.2) is 0 Å². The molecule has 0 saturated heterocycles. The van der Waals surface area contributed by atoms with E-state index in [1.54, 1.807) is 17.2 Å². The monoisotopic (exact) mass is 343 g/mol. The van der Waals surface area contributed by atoms with E-state index in [4.69, 9.17) is 8.83 Å². The maximum atomic E-state index is 12.4. The molecule has 0 saturated carbocycles. The molecule has 0 aliphatic carbocycles. The Morgan fingerprint density at radius 2 is 2.00 bits per heavy atom. The Morgan fingerprint density at radius 1 is 1.21 bits per heavy atom. The molecule has 0 aliphatic rings. The number of carbonyl (C=O) groups is 1. The van der Waals surface area contributed by atoms with E-state index in [1.807, 2.05) is 44.2 Å². The van der Waals surface area contributed by atoms with Crippen molar-refractivity contribution in [2.24, 2.45) is 0 Å². The molecule has 3 rings (SSSR count). The van der Waals surface area contributed by atoms with Gasteiger partial charge in [-0.15, -0.1) is 10.2 Å². The first-order valence-corrected chi connectivity index (χ1v) is 8.53. The molecule has 0 spiro atoms. The molecule has 7 heteroatoms. The van der Waals surface area contributed by atoms with E-state index in [1.165, 1.54) is 11.8 Å². The van der Waals surface area contributed by atoms with Gasteiger partial charge in [-0.3, -0.25) is 4.79 Å². The third kappa shape index (κ3) is 3.51. The highest BCUT2D eigenvalue weighted by Gasteiger charge is 2.17. The van der Waals surface area contributed by atoms with Gasteiger partial charge in [0.2, 0.25) is 5.91 Å². The molecule has 0 unspecified atom stereocenters. The van der Waals surface area contributed by atoms with Crippen molar-refractivity contribution in [3.8, 4) is 11.5 Å². The maximum absolute atomic E-state index is 12.4. The molecular weight excluding hydrogens is 326 g/mol. The number of para-hydroxylation sites is 1. The van der Waals surface area contributed by atoms with Gasteiger partial charge in [-0.1, -0.05) is 30.0 Å². The molecule has 0 atom stereocenters. The van der Waals surface area contributed by atoms with Crippen molar-refractivity contribution >= 4 is 23.4 Å². The fraction of sp³-hybridized carbons (Fsp3) is 0.235. The predicted molar refractivity (Wildman–Crippen MR) is 91.9 cm³/mol. The minimum absolute atomic E-state index is 0.00654. The summed E-state index contributed by atoms with van der Waals surface area (Å²) in [4.78, 5) is 14.2. The first kappa shape index (κ1) is 16.3. The Labute approximate surface area is 143 Å². The molecule has 0 N–H and O–H groups in total. The van der Waals surface area contributed by atoms with Crippen LogP contribution in [-0.2, 0) is 4.79 Å². The SMILES string of the molecule is CCN(C(=O)CSc1nnc(-c2ccoc2C)o1)c1ccccc1. The number of rotatable bonds is 6. The van der Waals surface area contributed by atoms with E-state index in [-0.39, 0.29) is 11.7 Å². The number of furan rings is 1. The first-order chi connectivity index (χ1) is 11.7. The Bertz CT molecular complexity index is 813. The number of amides is 1. The lowest BCUT2D eigenvalue weighted by Crippen LogP contribution is -2.32. The highest BCUT2D eigenvalue weighted by Crippen LogP contribution is 2.26. The second kappa shape index (κ2) is 7.35. The summed E-state index contributed by atoms with van der Waals surface area (Å²) >= 11 is 1.23. The van der Waals surface area contributed by atoms with Crippen LogP contribution in [0.25, 0.3) is 11.5 Å². The van der Waals surface area contributed by atoms with Gasteiger partial charge in [0.1, 0.15) is 5.76 Å². The largest absolute Gasteiger partial charge is 0.469 e. The number of thioether (sulfide) groups is 1. The predicted octanol–water partition coefficient (Wildman–Crippen LogP) is 3.78. The quantitative estimate of drug-likeness (QED) is 0.634. The molecule has 0 radical (unpaired) electrons. The van der Waals surface area contributed by atoms with E-state index < -0.39 is 0 Å². The van der Waals surface area contributed by atoms with Crippen LogP contribution in [0.1, 0.15) is 12.7 Å². The molecule has 0 bridgehead atoms. The van der Waals surface area contributed by atoms with Crippen LogP contribution in [0.3, 0.4) is 0 Å². The molecule has 2 heterocycles. The number of aromatic nitrogens is 2. The van der Waals surface area contributed by atoms with Crippen LogP contribution in [-0.4, -0.2) is 28.4 Å². The third-order valence-corrected chi connectivity index (χ3v) is 4.30. The van der Waals surface area contributed by atoms with Gasteiger partial charge < -0.3 is 13.7 Å². The molecule has 24 heavy (non-hydrogen) atoms. The average Bonchev–Trinajstić information content (AvgIpc) is 3.23. The Kier molecular flexibility index (Phi) is 5.00. The highest BCUT2D eigenvalue weighted by atomic mass is 32.2. The molecule has 2 aromatic heterocycles. The van der Waals surface area contributed by atoms with Gasteiger partial charge in [0, 0.05) is 12.2 Å². The van der Waals surface area contributed by atoms with Crippen LogP contribution >= 0.6 is 11.8 Å². The van der Waals surface area contributed by atoms with Crippen molar-refractivity contribution in [3.63, 3.8) is 0 Å². The lowest BCUT2D eigenvalue weighted by Gasteiger charge is -2.20. The number of carbonyl (C=O) groups excluding carboxylic acids is 1. The smallest absolute Gasteiger partial charge is 0.277 e. The number of anilines is 1. The number of nitrogens with zero attached hydrogens (tertiary/aromatic N) is 3. The fourth-order valence-electron chi connectivity index (χ4n) is 2.30. The average molecular weight is 343 g/mol. The van der Waals surface area contributed by atoms with Gasteiger partial charge in [-0.2, -0.15) is 0 Å². The zero-order chi connectivity index (χ0) is 16.9. The molecule has 0 fully saturated rings.